The predicted octanol–water partition coefficient (Wildman–Crippen LogP) is 3.27. The normalized spacial score (nSPS) is 14.4. The first kappa shape index (κ1) is 16.3. The molecule has 2 aromatic heterocycles. The zero-order valence-corrected chi connectivity index (χ0v) is 15.0. The summed E-state index contributed by atoms with van der Waals surface area (Å²) in [5.74, 6) is -1.52. The van der Waals surface area contributed by atoms with Crippen LogP contribution in [-0.4, -0.2) is 39.7 Å². The molecule has 3 heterocycles. The topological polar surface area (TPSA) is 68.1 Å². The van der Waals surface area contributed by atoms with E-state index in [2.05, 4.69) is 0 Å². The molecule has 0 spiro atoms. The number of carbonyl (C=O) groups excluding carboxylic acids is 3. The third kappa shape index (κ3) is 2.15. The molecule has 0 bridgehead atoms. The average Bonchev–Trinajstić information content (AvgIpc) is 3.03. The first-order valence-corrected chi connectivity index (χ1v) is 8.32. The van der Waals surface area contributed by atoms with Gasteiger partial charge in [-0.25, -0.2) is 4.79 Å². The minimum Gasteiger partial charge on any atom is -0.455 e. The smallest absolute Gasteiger partial charge is 0.356 e. The maximum absolute atomic E-state index is 12.9. The highest BCUT2D eigenvalue weighted by Gasteiger charge is 2.42. The van der Waals surface area contributed by atoms with Gasteiger partial charge in [-0.3, -0.25) is 14.5 Å². The van der Waals surface area contributed by atoms with Crippen molar-refractivity contribution >= 4 is 34.1 Å². The van der Waals surface area contributed by atoms with Crippen LogP contribution in [0.15, 0.2) is 36.5 Å². The van der Waals surface area contributed by atoms with Gasteiger partial charge in [0.15, 0.2) is 0 Å². The molecule has 1 aliphatic rings. The fourth-order valence-electron chi connectivity index (χ4n) is 3.39. The molecule has 1 aliphatic heterocycles. The Kier molecular flexibility index (Phi) is 3.25. The summed E-state index contributed by atoms with van der Waals surface area (Å²) in [4.78, 5) is 39.3. The lowest BCUT2D eigenvalue weighted by molar-refractivity contribution is 0.00593. The second-order valence-electron chi connectivity index (χ2n) is 7.39. The molecule has 0 fully saturated rings. The van der Waals surface area contributed by atoms with Gasteiger partial charge in [0.2, 0.25) is 0 Å². The van der Waals surface area contributed by atoms with Gasteiger partial charge in [0.05, 0.1) is 16.6 Å². The summed E-state index contributed by atoms with van der Waals surface area (Å²) in [6, 6.07) is 9.41. The Bertz CT molecular complexity index is 1120. The molecule has 0 atom stereocenters. The van der Waals surface area contributed by atoms with Crippen molar-refractivity contribution in [3.05, 3.63) is 53.3 Å². The highest BCUT2D eigenvalue weighted by molar-refractivity contribution is 6.29. The molecular formula is C20H18N2O4. The van der Waals surface area contributed by atoms with Crippen LogP contribution in [0.3, 0.4) is 0 Å². The van der Waals surface area contributed by atoms with Crippen molar-refractivity contribution in [1.29, 1.82) is 0 Å². The molecule has 0 radical (unpaired) electrons. The van der Waals surface area contributed by atoms with Gasteiger partial charge in [-0.1, -0.05) is 24.3 Å². The van der Waals surface area contributed by atoms with Crippen molar-refractivity contribution in [2.75, 3.05) is 7.05 Å². The maximum Gasteiger partial charge on any atom is 0.356 e. The van der Waals surface area contributed by atoms with Gasteiger partial charge in [-0.2, -0.15) is 0 Å². The Hall–Kier alpha value is -3.15. The second kappa shape index (κ2) is 5.17. The van der Waals surface area contributed by atoms with Gasteiger partial charge in [0, 0.05) is 18.6 Å². The molecule has 3 aromatic rings. The van der Waals surface area contributed by atoms with Crippen molar-refractivity contribution < 1.29 is 19.1 Å². The van der Waals surface area contributed by atoms with Crippen LogP contribution in [-0.2, 0) is 4.74 Å². The molecule has 0 N–H and O–H groups in total. The summed E-state index contributed by atoms with van der Waals surface area (Å²) in [6.07, 6.45) is 1.70. The van der Waals surface area contributed by atoms with Crippen LogP contribution in [0, 0.1) is 0 Å². The molecule has 4 rings (SSSR count). The van der Waals surface area contributed by atoms with E-state index in [9.17, 15) is 14.4 Å². The summed E-state index contributed by atoms with van der Waals surface area (Å²) in [7, 11) is 1.42. The predicted molar refractivity (Wildman–Crippen MR) is 96.5 cm³/mol. The Labute approximate surface area is 150 Å². The van der Waals surface area contributed by atoms with E-state index in [0.29, 0.717) is 5.52 Å². The summed E-state index contributed by atoms with van der Waals surface area (Å²) in [5.41, 5.74) is 0.306. The van der Waals surface area contributed by atoms with Crippen molar-refractivity contribution in [2.45, 2.75) is 26.4 Å². The zero-order valence-electron chi connectivity index (χ0n) is 15.0. The molecule has 2 amide bonds. The molecule has 6 heteroatoms. The lowest BCUT2D eigenvalue weighted by Crippen LogP contribution is -2.28. The minimum absolute atomic E-state index is 0.0957. The van der Waals surface area contributed by atoms with E-state index < -0.39 is 23.4 Å². The van der Waals surface area contributed by atoms with Crippen LogP contribution < -0.4 is 0 Å². The molecule has 132 valence electrons. The monoisotopic (exact) mass is 350 g/mol. The van der Waals surface area contributed by atoms with Crippen LogP contribution in [0.25, 0.3) is 16.3 Å². The molecule has 0 saturated carbocycles. The SMILES string of the molecule is CN1C(=O)c2c(c3c4ccccc4ccn3c2C(=O)OC(C)(C)C)C1=O. The van der Waals surface area contributed by atoms with Gasteiger partial charge >= 0.3 is 5.97 Å². The first-order valence-electron chi connectivity index (χ1n) is 8.32. The number of imide groups is 1. The molecule has 26 heavy (non-hydrogen) atoms. The summed E-state index contributed by atoms with van der Waals surface area (Å²) in [6.45, 7) is 5.28. The van der Waals surface area contributed by atoms with Crippen molar-refractivity contribution in [3.8, 4) is 0 Å². The fraction of sp³-hybridized carbons (Fsp3) is 0.250. The number of benzene rings is 1. The third-order valence-electron chi connectivity index (χ3n) is 4.45. The number of hydrogen-bond donors (Lipinski definition) is 0. The van der Waals surface area contributed by atoms with E-state index in [1.807, 2.05) is 30.3 Å². The molecule has 1 aromatic carbocycles. The van der Waals surface area contributed by atoms with Gasteiger partial charge in [-0.05, 0) is 32.2 Å². The number of amides is 2. The van der Waals surface area contributed by atoms with Crippen molar-refractivity contribution in [3.63, 3.8) is 0 Å². The van der Waals surface area contributed by atoms with Crippen LogP contribution in [0.5, 0.6) is 0 Å². The molecule has 0 saturated heterocycles. The largest absolute Gasteiger partial charge is 0.455 e. The van der Waals surface area contributed by atoms with Crippen molar-refractivity contribution in [1.82, 2.24) is 9.30 Å². The third-order valence-corrected chi connectivity index (χ3v) is 4.45. The second-order valence-corrected chi connectivity index (χ2v) is 7.39. The number of pyridine rings is 1. The summed E-state index contributed by atoms with van der Waals surface area (Å²) in [5, 5.41) is 1.73. The van der Waals surface area contributed by atoms with Crippen LogP contribution in [0.2, 0.25) is 0 Å². The average molecular weight is 350 g/mol. The number of carbonyl (C=O) groups is 3. The molecule has 0 unspecified atom stereocenters. The number of nitrogens with zero attached hydrogens (tertiary/aromatic N) is 2. The van der Waals surface area contributed by atoms with E-state index in [-0.39, 0.29) is 16.8 Å². The van der Waals surface area contributed by atoms with E-state index in [4.69, 9.17) is 4.74 Å². The van der Waals surface area contributed by atoms with Crippen LogP contribution >= 0.6 is 0 Å². The molecule has 6 nitrogen and oxygen atoms in total. The highest BCUT2D eigenvalue weighted by atomic mass is 16.6. The van der Waals surface area contributed by atoms with E-state index in [1.165, 1.54) is 7.05 Å². The van der Waals surface area contributed by atoms with Crippen molar-refractivity contribution in [2.24, 2.45) is 0 Å². The summed E-state index contributed by atoms with van der Waals surface area (Å²) < 4.78 is 7.11. The van der Waals surface area contributed by atoms with E-state index >= 15 is 0 Å². The summed E-state index contributed by atoms with van der Waals surface area (Å²) >= 11 is 0. The van der Waals surface area contributed by atoms with E-state index in [0.717, 1.165) is 15.7 Å². The number of hydrogen-bond acceptors (Lipinski definition) is 4. The molecular weight excluding hydrogens is 332 g/mol. The van der Waals surface area contributed by atoms with E-state index in [1.54, 1.807) is 31.4 Å². The standard InChI is InChI=1S/C20H18N2O4/c1-20(2,3)26-19(25)16-14-13(17(23)21(4)18(14)24)15-12-8-6-5-7-11(12)9-10-22(15)16/h5-10H,1-4H3. The lowest BCUT2D eigenvalue weighted by Gasteiger charge is -2.20. The lowest BCUT2D eigenvalue weighted by atomic mass is 10.1. The zero-order chi connectivity index (χ0) is 18.8. The Balaban J connectivity index is 2.13. The number of aromatic nitrogens is 1. The fourth-order valence-corrected chi connectivity index (χ4v) is 3.39. The molecule has 0 aliphatic carbocycles. The Morgan fingerprint density at radius 1 is 1.00 bits per heavy atom. The number of fused-ring (bicyclic) bond motifs is 5. The van der Waals surface area contributed by atoms with Gasteiger partial charge in [0.25, 0.3) is 11.8 Å². The van der Waals surface area contributed by atoms with Crippen LogP contribution in [0.4, 0.5) is 0 Å². The quantitative estimate of drug-likeness (QED) is 0.499. The number of rotatable bonds is 1. The Morgan fingerprint density at radius 2 is 1.65 bits per heavy atom. The number of esters is 1. The minimum atomic E-state index is -0.720. The Morgan fingerprint density at radius 3 is 2.35 bits per heavy atom. The number of ether oxygens (including phenoxy) is 1. The maximum atomic E-state index is 12.9. The van der Waals surface area contributed by atoms with Gasteiger partial charge < -0.3 is 9.14 Å². The first-order chi connectivity index (χ1) is 12.2. The van der Waals surface area contributed by atoms with Gasteiger partial charge in [-0.15, -0.1) is 0 Å². The van der Waals surface area contributed by atoms with Crippen LogP contribution in [0.1, 0.15) is 52.0 Å². The highest BCUT2D eigenvalue weighted by Crippen LogP contribution is 2.36. The van der Waals surface area contributed by atoms with Gasteiger partial charge in [0.1, 0.15) is 11.3 Å².